The maximum atomic E-state index is 12.6. The smallest absolute Gasteiger partial charge is 0.266 e. The molecule has 3 rings (SSSR count). The van der Waals surface area contributed by atoms with E-state index < -0.39 is 5.60 Å². The first kappa shape index (κ1) is 16.2. The molecule has 0 radical (unpaired) electrons. The van der Waals surface area contributed by atoms with E-state index in [1.54, 1.807) is 4.90 Å². The lowest BCUT2D eigenvalue weighted by Crippen LogP contribution is -2.58. The van der Waals surface area contributed by atoms with Gasteiger partial charge in [0, 0.05) is 25.0 Å². The van der Waals surface area contributed by atoms with Crippen molar-refractivity contribution in [2.45, 2.75) is 57.5 Å². The Labute approximate surface area is 136 Å². The lowest BCUT2D eigenvalue weighted by molar-refractivity contribution is -0.151. The number of amides is 1. The van der Waals surface area contributed by atoms with Gasteiger partial charge in [-0.05, 0) is 30.8 Å². The number of likely N-dealkylation sites (tertiary alicyclic amines) is 1. The van der Waals surface area contributed by atoms with Crippen molar-refractivity contribution >= 4 is 11.9 Å². The van der Waals surface area contributed by atoms with Crippen molar-refractivity contribution in [1.29, 1.82) is 0 Å². The molecule has 1 N–H and O–H groups in total. The number of carbonyl (C=O) groups excluding carboxylic acids is 1. The molecule has 2 aliphatic heterocycles. The summed E-state index contributed by atoms with van der Waals surface area (Å²) < 4.78 is 5.33. The molecule has 0 saturated carbocycles. The second-order valence-electron chi connectivity index (χ2n) is 7.71. The second-order valence-corrected chi connectivity index (χ2v) is 7.71. The standard InChI is InChI=1S/C16H26N4O3/c1-15(2,3)12-17-14(18-23-12)20-10-6-7-16(22,11-20)13(21)19-8-4-5-9-19/h22H,4-11H2,1-3H3. The minimum Gasteiger partial charge on any atom is -0.378 e. The number of β-amino-alcohol motifs (C(OH)–C–C–N with tert-alkyl or cyclic N) is 1. The number of carbonyl (C=O) groups is 1. The van der Waals surface area contributed by atoms with Crippen LogP contribution < -0.4 is 4.90 Å². The summed E-state index contributed by atoms with van der Waals surface area (Å²) in [4.78, 5) is 20.7. The van der Waals surface area contributed by atoms with Crippen molar-refractivity contribution in [2.75, 3.05) is 31.1 Å². The topological polar surface area (TPSA) is 82.7 Å². The van der Waals surface area contributed by atoms with Crippen LogP contribution in [0.15, 0.2) is 4.52 Å². The van der Waals surface area contributed by atoms with E-state index in [2.05, 4.69) is 10.1 Å². The van der Waals surface area contributed by atoms with Crippen LogP contribution in [-0.4, -0.2) is 57.8 Å². The van der Waals surface area contributed by atoms with Gasteiger partial charge in [0.05, 0.1) is 6.54 Å². The third-order valence-corrected chi connectivity index (χ3v) is 4.60. The largest absolute Gasteiger partial charge is 0.378 e. The fraction of sp³-hybridized carbons (Fsp3) is 0.812. The minimum atomic E-state index is -1.34. The molecule has 2 aliphatic rings. The number of aliphatic hydroxyl groups is 1. The van der Waals surface area contributed by atoms with E-state index in [0.29, 0.717) is 18.3 Å². The molecule has 3 heterocycles. The first-order chi connectivity index (χ1) is 10.8. The molecular formula is C16H26N4O3. The highest BCUT2D eigenvalue weighted by Gasteiger charge is 2.44. The number of rotatable bonds is 2. The summed E-state index contributed by atoms with van der Waals surface area (Å²) in [5, 5.41) is 14.9. The molecule has 128 valence electrons. The number of anilines is 1. The maximum absolute atomic E-state index is 12.6. The van der Waals surface area contributed by atoms with Crippen LogP contribution in [0.25, 0.3) is 0 Å². The summed E-state index contributed by atoms with van der Waals surface area (Å²) in [6.45, 7) is 8.47. The van der Waals surface area contributed by atoms with Crippen LogP contribution in [0.4, 0.5) is 5.95 Å². The summed E-state index contributed by atoms with van der Waals surface area (Å²) in [5.41, 5.74) is -1.56. The average molecular weight is 322 g/mol. The van der Waals surface area contributed by atoms with Crippen molar-refractivity contribution in [3.63, 3.8) is 0 Å². The van der Waals surface area contributed by atoms with Gasteiger partial charge in [-0.2, -0.15) is 4.98 Å². The van der Waals surface area contributed by atoms with E-state index >= 15 is 0 Å². The normalized spacial score (nSPS) is 25.9. The number of hydrogen-bond acceptors (Lipinski definition) is 6. The number of aromatic nitrogens is 2. The predicted molar refractivity (Wildman–Crippen MR) is 85.2 cm³/mol. The quantitative estimate of drug-likeness (QED) is 0.884. The van der Waals surface area contributed by atoms with Gasteiger partial charge in [-0.3, -0.25) is 4.79 Å². The zero-order valence-corrected chi connectivity index (χ0v) is 14.2. The highest BCUT2D eigenvalue weighted by Crippen LogP contribution is 2.29. The monoisotopic (exact) mass is 322 g/mol. The molecule has 0 aliphatic carbocycles. The van der Waals surface area contributed by atoms with Crippen molar-refractivity contribution < 1.29 is 14.4 Å². The van der Waals surface area contributed by atoms with Crippen LogP contribution in [0.1, 0.15) is 52.3 Å². The molecule has 7 heteroatoms. The predicted octanol–water partition coefficient (Wildman–Crippen LogP) is 1.32. The van der Waals surface area contributed by atoms with E-state index in [1.807, 2.05) is 25.7 Å². The molecule has 1 amide bonds. The van der Waals surface area contributed by atoms with Crippen LogP contribution in [0, 0.1) is 0 Å². The zero-order chi connectivity index (χ0) is 16.7. The Morgan fingerprint density at radius 1 is 1.22 bits per heavy atom. The van der Waals surface area contributed by atoms with Gasteiger partial charge in [0.1, 0.15) is 0 Å². The highest BCUT2D eigenvalue weighted by molar-refractivity contribution is 5.86. The Bertz CT molecular complexity index is 574. The molecule has 0 spiro atoms. The second kappa shape index (κ2) is 5.78. The molecule has 23 heavy (non-hydrogen) atoms. The van der Waals surface area contributed by atoms with Gasteiger partial charge in [-0.25, -0.2) is 0 Å². The zero-order valence-electron chi connectivity index (χ0n) is 14.2. The van der Waals surface area contributed by atoms with Crippen molar-refractivity contribution in [3.05, 3.63) is 5.89 Å². The van der Waals surface area contributed by atoms with Crippen molar-refractivity contribution in [3.8, 4) is 0 Å². The van der Waals surface area contributed by atoms with E-state index in [0.717, 1.165) is 38.9 Å². The van der Waals surface area contributed by atoms with Gasteiger partial charge in [0.15, 0.2) is 5.60 Å². The number of piperidine rings is 1. The molecule has 2 saturated heterocycles. The van der Waals surface area contributed by atoms with Crippen LogP contribution in [0.2, 0.25) is 0 Å². The third kappa shape index (κ3) is 3.20. The third-order valence-electron chi connectivity index (χ3n) is 4.60. The Balaban J connectivity index is 1.75. The first-order valence-electron chi connectivity index (χ1n) is 8.40. The van der Waals surface area contributed by atoms with Crippen molar-refractivity contribution in [1.82, 2.24) is 15.0 Å². The molecule has 1 atom stereocenters. The SMILES string of the molecule is CC(C)(C)c1nc(N2CCCC(O)(C(=O)N3CCCC3)C2)no1. The molecule has 1 aromatic heterocycles. The van der Waals surface area contributed by atoms with Gasteiger partial charge in [-0.15, -0.1) is 0 Å². The Morgan fingerprint density at radius 3 is 2.52 bits per heavy atom. The van der Waals surface area contributed by atoms with Gasteiger partial charge in [0.25, 0.3) is 11.9 Å². The summed E-state index contributed by atoms with van der Waals surface area (Å²) in [6.07, 6.45) is 3.26. The Kier molecular flexibility index (Phi) is 4.08. The first-order valence-corrected chi connectivity index (χ1v) is 8.40. The van der Waals surface area contributed by atoms with Gasteiger partial charge in [0.2, 0.25) is 5.89 Å². The van der Waals surface area contributed by atoms with E-state index in [1.165, 1.54) is 0 Å². The Morgan fingerprint density at radius 2 is 1.91 bits per heavy atom. The fourth-order valence-corrected chi connectivity index (χ4v) is 3.24. The molecule has 1 unspecified atom stereocenters. The van der Waals surface area contributed by atoms with Crippen molar-refractivity contribution in [2.24, 2.45) is 0 Å². The molecule has 2 fully saturated rings. The van der Waals surface area contributed by atoms with Crippen LogP contribution in [0.3, 0.4) is 0 Å². The van der Waals surface area contributed by atoms with Gasteiger partial charge >= 0.3 is 0 Å². The van der Waals surface area contributed by atoms with E-state index in [-0.39, 0.29) is 17.9 Å². The summed E-state index contributed by atoms with van der Waals surface area (Å²) in [6, 6.07) is 0. The number of nitrogens with zero attached hydrogens (tertiary/aromatic N) is 4. The summed E-state index contributed by atoms with van der Waals surface area (Å²) in [7, 11) is 0. The maximum Gasteiger partial charge on any atom is 0.266 e. The Hall–Kier alpha value is -1.63. The molecule has 0 bridgehead atoms. The van der Waals surface area contributed by atoms with Gasteiger partial charge < -0.3 is 19.4 Å². The molecule has 1 aromatic rings. The van der Waals surface area contributed by atoms with Gasteiger partial charge in [-0.1, -0.05) is 20.8 Å². The summed E-state index contributed by atoms with van der Waals surface area (Å²) >= 11 is 0. The van der Waals surface area contributed by atoms with Crippen LogP contribution in [-0.2, 0) is 10.2 Å². The average Bonchev–Trinajstić information content (AvgIpc) is 3.17. The van der Waals surface area contributed by atoms with Crippen LogP contribution in [0.5, 0.6) is 0 Å². The molecule has 0 aromatic carbocycles. The minimum absolute atomic E-state index is 0.153. The lowest BCUT2D eigenvalue weighted by atomic mass is 9.91. The van der Waals surface area contributed by atoms with E-state index in [4.69, 9.17) is 4.52 Å². The lowest BCUT2D eigenvalue weighted by Gasteiger charge is -2.39. The highest BCUT2D eigenvalue weighted by atomic mass is 16.5. The van der Waals surface area contributed by atoms with E-state index in [9.17, 15) is 9.90 Å². The number of hydrogen-bond donors (Lipinski definition) is 1. The molecular weight excluding hydrogens is 296 g/mol. The summed E-state index contributed by atoms with van der Waals surface area (Å²) in [5.74, 6) is 0.869. The fourth-order valence-electron chi connectivity index (χ4n) is 3.24. The molecule has 7 nitrogen and oxygen atoms in total. The van der Waals surface area contributed by atoms with Crippen LogP contribution >= 0.6 is 0 Å².